The van der Waals surface area contributed by atoms with Crippen molar-refractivity contribution < 1.29 is 4.79 Å². The molecule has 1 atom stereocenters. The molecule has 142 valence electrons. The summed E-state index contributed by atoms with van der Waals surface area (Å²) in [5.74, 6) is 2.41. The number of aryl methyl sites for hydroxylation is 1. The first-order chi connectivity index (χ1) is 13.2. The molecular weight excluding hydrogens is 338 g/mol. The minimum Gasteiger partial charge on any atom is -0.356 e. The molecule has 0 saturated carbocycles. The number of Topliss-reactive ketones (excluding diaryl/α,β-unsaturated/α-hetero) is 1. The summed E-state index contributed by atoms with van der Waals surface area (Å²) < 4.78 is 0. The van der Waals surface area contributed by atoms with Gasteiger partial charge in [0.2, 0.25) is 0 Å². The second-order valence-electron chi connectivity index (χ2n) is 7.59. The highest BCUT2D eigenvalue weighted by molar-refractivity contribution is 5.96. The molecule has 2 aromatic rings. The number of nitrogens with one attached hydrogen (secondary N) is 1. The lowest BCUT2D eigenvalue weighted by molar-refractivity contribution is 0.0902. The number of rotatable bonds is 4. The van der Waals surface area contributed by atoms with Gasteiger partial charge in [0.15, 0.2) is 5.78 Å². The van der Waals surface area contributed by atoms with Crippen molar-refractivity contribution >= 4 is 11.6 Å². The van der Waals surface area contributed by atoms with E-state index in [9.17, 15) is 4.79 Å². The fourth-order valence-electron chi connectivity index (χ4n) is 4.18. The van der Waals surface area contributed by atoms with Gasteiger partial charge in [-0.1, -0.05) is 6.07 Å². The van der Waals surface area contributed by atoms with Crippen molar-refractivity contribution in [1.29, 1.82) is 0 Å². The van der Waals surface area contributed by atoms with Gasteiger partial charge in [-0.15, -0.1) is 0 Å². The van der Waals surface area contributed by atoms with Crippen LogP contribution in [0, 0.1) is 12.8 Å². The Hall–Kier alpha value is -2.34. The molecule has 6 nitrogen and oxygen atoms in total. The van der Waals surface area contributed by atoms with Gasteiger partial charge in [0.25, 0.3) is 0 Å². The number of anilines is 1. The Bertz CT molecular complexity index is 788. The van der Waals surface area contributed by atoms with Crippen LogP contribution >= 0.6 is 0 Å². The summed E-state index contributed by atoms with van der Waals surface area (Å²) in [6.07, 6.45) is 5.84. The number of hydrogen-bond acceptors (Lipinski definition) is 6. The van der Waals surface area contributed by atoms with E-state index in [2.05, 4.69) is 21.3 Å². The molecule has 6 heteroatoms. The van der Waals surface area contributed by atoms with E-state index in [-0.39, 0.29) is 11.7 Å². The van der Waals surface area contributed by atoms with E-state index in [1.807, 2.05) is 25.1 Å². The van der Waals surface area contributed by atoms with Gasteiger partial charge >= 0.3 is 0 Å². The number of ketones is 1. The standard InChI is InChI=1S/C21H27N5O/c1-15-24-19(16-7-10-22-11-8-16)13-20(25-15)26-12-4-5-17(14-26)21(27)18-6-2-3-9-23-18/h2-3,6,9,13,16-17,22H,4-5,7-8,10-12,14H2,1H3. The average Bonchev–Trinajstić information content (AvgIpc) is 2.74. The van der Waals surface area contributed by atoms with Crippen LogP contribution in [0.15, 0.2) is 30.5 Å². The van der Waals surface area contributed by atoms with Crippen LogP contribution in [0.5, 0.6) is 0 Å². The predicted molar refractivity (Wildman–Crippen MR) is 105 cm³/mol. The van der Waals surface area contributed by atoms with Gasteiger partial charge in [-0.25, -0.2) is 9.97 Å². The van der Waals surface area contributed by atoms with E-state index in [4.69, 9.17) is 9.97 Å². The Labute approximate surface area is 160 Å². The molecule has 0 spiro atoms. The molecule has 2 aromatic heterocycles. The fourth-order valence-corrected chi connectivity index (χ4v) is 4.18. The Kier molecular flexibility index (Phi) is 5.43. The maximum atomic E-state index is 12.8. The number of piperidine rings is 2. The lowest BCUT2D eigenvalue weighted by Crippen LogP contribution is -2.39. The largest absolute Gasteiger partial charge is 0.356 e. The number of carbonyl (C=O) groups is 1. The minimum absolute atomic E-state index is 0.0220. The molecule has 0 aliphatic carbocycles. The second kappa shape index (κ2) is 8.13. The monoisotopic (exact) mass is 365 g/mol. The Morgan fingerprint density at radius 2 is 2.04 bits per heavy atom. The molecule has 0 radical (unpaired) electrons. The molecule has 0 aromatic carbocycles. The van der Waals surface area contributed by atoms with Crippen LogP contribution in [0.4, 0.5) is 5.82 Å². The molecule has 4 rings (SSSR count). The van der Waals surface area contributed by atoms with E-state index in [0.717, 1.165) is 62.7 Å². The molecular formula is C21H27N5O. The number of carbonyl (C=O) groups excluding carboxylic acids is 1. The van der Waals surface area contributed by atoms with Crippen molar-refractivity contribution in [3.8, 4) is 0 Å². The van der Waals surface area contributed by atoms with E-state index in [1.165, 1.54) is 0 Å². The first-order valence-corrected chi connectivity index (χ1v) is 9.97. The Morgan fingerprint density at radius 1 is 1.19 bits per heavy atom. The molecule has 27 heavy (non-hydrogen) atoms. The molecule has 0 amide bonds. The zero-order valence-corrected chi connectivity index (χ0v) is 15.9. The van der Waals surface area contributed by atoms with Gasteiger partial charge in [-0.3, -0.25) is 9.78 Å². The van der Waals surface area contributed by atoms with Crippen LogP contribution in [0.2, 0.25) is 0 Å². The molecule has 2 aliphatic rings. The predicted octanol–water partition coefficient (Wildman–Crippen LogP) is 2.75. The molecule has 1 unspecified atom stereocenters. The van der Waals surface area contributed by atoms with E-state index < -0.39 is 0 Å². The summed E-state index contributed by atoms with van der Waals surface area (Å²) in [7, 11) is 0. The highest BCUT2D eigenvalue weighted by Gasteiger charge is 2.28. The Morgan fingerprint density at radius 3 is 2.81 bits per heavy atom. The third kappa shape index (κ3) is 4.16. The maximum absolute atomic E-state index is 12.8. The van der Waals surface area contributed by atoms with Gasteiger partial charge in [0.05, 0.1) is 0 Å². The fraction of sp³-hybridized carbons (Fsp3) is 0.524. The molecule has 1 N–H and O–H groups in total. The van der Waals surface area contributed by atoms with Crippen molar-refractivity contribution in [3.63, 3.8) is 0 Å². The first-order valence-electron chi connectivity index (χ1n) is 9.97. The van der Waals surface area contributed by atoms with Crippen LogP contribution < -0.4 is 10.2 Å². The van der Waals surface area contributed by atoms with Crippen LogP contribution in [0.3, 0.4) is 0 Å². The molecule has 2 fully saturated rings. The molecule has 2 aliphatic heterocycles. The van der Waals surface area contributed by atoms with Crippen molar-refractivity contribution in [2.75, 3.05) is 31.1 Å². The maximum Gasteiger partial charge on any atom is 0.185 e. The van der Waals surface area contributed by atoms with Gasteiger partial charge in [0, 0.05) is 42.9 Å². The lowest BCUT2D eigenvalue weighted by atomic mass is 9.91. The topological polar surface area (TPSA) is 71.0 Å². The summed E-state index contributed by atoms with van der Waals surface area (Å²) in [6, 6.07) is 7.68. The van der Waals surface area contributed by atoms with E-state index in [0.29, 0.717) is 18.2 Å². The van der Waals surface area contributed by atoms with Crippen LogP contribution in [-0.2, 0) is 0 Å². The number of hydrogen-bond donors (Lipinski definition) is 1. The number of nitrogens with zero attached hydrogens (tertiary/aromatic N) is 4. The van der Waals surface area contributed by atoms with Crippen molar-refractivity contribution in [3.05, 3.63) is 47.7 Å². The van der Waals surface area contributed by atoms with E-state index >= 15 is 0 Å². The number of pyridine rings is 1. The molecule has 2 saturated heterocycles. The SMILES string of the molecule is Cc1nc(C2CCNCC2)cc(N2CCCC(C(=O)c3ccccn3)C2)n1. The van der Waals surface area contributed by atoms with E-state index in [1.54, 1.807) is 6.20 Å². The Balaban J connectivity index is 1.52. The zero-order chi connectivity index (χ0) is 18.6. The summed E-state index contributed by atoms with van der Waals surface area (Å²) in [5, 5.41) is 3.41. The summed E-state index contributed by atoms with van der Waals surface area (Å²) >= 11 is 0. The summed E-state index contributed by atoms with van der Waals surface area (Å²) in [5.41, 5.74) is 1.72. The average molecular weight is 365 g/mol. The van der Waals surface area contributed by atoms with Gasteiger partial charge in [-0.2, -0.15) is 0 Å². The smallest absolute Gasteiger partial charge is 0.185 e. The van der Waals surface area contributed by atoms with Crippen molar-refractivity contribution in [1.82, 2.24) is 20.3 Å². The van der Waals surface area contributed by atoms with Gasteiger partial charge in [-0.05, 0) is 57.8 Å². The first kappa shape index (κ1) is 18.0. The molecule has 0 bridgehead atoms. The minimum atomic E-state index is -0.0220. The van der Waals surface area contributed by atoms with Gasteiger partial charge < -0.3 is 10.2 Å². The third-order valence-corrected chi connectivity index (χ3v) is 5.64. The normalized spacial score (nSPS) is 21.2. The lowest BCUT2D eigenvalue weighted by Gasteiger charge is -2.33. The molecule has 4 heterocycles. The van der Waals surface area contributed by atoms with Crippen molar-refractivity contribution in [2.24, 2.45) is 5.92 Å². The quantitative estimate of drug-likeness (QED) is 0.840. The number of aromatic nitrogens is 3. The van der Waals surface area contributed by atoms with Gasteiger partial charge in [0.1, 0.15) is 17.3 Å². The van der Waals surface area contributed by atoms with Crippen LogP contribution in [0.1, 0.15) is 53.6 Å². The highest BCUT2D eigenvalue weighted by Crippen LogP contribution is 2.29. The third-order valence-electron chi connectivity index (χ3n) is 5.64. The zero-order valence-electron chi connectivity index (χ0n) is 15.9. The second-order valence-corrected chi connectivity index (χ2v) is 7.59. The van der Waals surface area contributed by atoms with Crippen LogP contribution in [-0.4, -0.2) is 46.9 Å². The van der Waals surface area contributed by atoms with Crippen LogP contribution in [0.25, 0.3) is 0 Å². The highest BCUT2D eigenvalue weighted by atomic mass is 16.1. The van der Waals surface area contributed by atoms with Crippen molar-refractivity contribution in [2.45, 2.75) is 38.5 Å². The summed E-state index contributed by atoms with van der Waals surface area (Å²) in [4.78, 5) is 28.7. The summed E-state index contributed by atoms with van der Waals surface area (Å²) in [6.45, 7) is 5.71.